The Hall–Kier alpha value is -4.36. The highest BCUT2D eigenvalue weighted by Crippen LogP contribution is 2.32. The molecule has 0 fully saturated rings. The third kappa shape index (κ3) is 4.87. The van der Waals surface area contributed by atoms with Gasteiger partial charge in [0.05, 0.1) is 15.5 Å². The first-order valence-corrected chi connectivity index (χ1v) is 12.1. The molecule has 2 aromatic carbocycles. The molecule has 3 aromatic rings. The SMILES string of the molecule is Cc1cc(C)nc(NS(=O)(=O)c2ccc(NC3=C(Cl)C(=O)N(c4cccc([N+](=O)[O-])c4)C3=O)cc2)n1. The van der Waals surface area contributed by atoms with E-state index in [-0.39, 0.29) is 33.6 Å². The standard InChI is InChI=1S/C22H17ClN6O6S/c1-12-10-13(2)25-22(24-12)27-36(34,35)17-8-6-14(7-9-17)26-19-18(23)20(30)28(21(19)31)15-4-3-5-16(11-15)29(32)33/h3-11,26H,1-2H3,(H,24,25,27). The second kappa shape index (κ2) is 9.36. The number of benzene rings is 2. The number of non-ortho nitro benzene ring substituents is 1. The molecule has 2 heterocycles. The summed E-state index contributed by atoms with van der Waals surface area (Å²) in [7, 11) is -4.00. The van der Waals surface area contributed by atoms with Gasteiger partial charge in [0, 0.05) is 29.2 Å². The third-order valence-electron chi connectivity index (χ3n) is 4.97. The molecule has 0 radical (unpaired) electrons. The van der Waals surface area contributed by atoms with Crippen molar-refractivity contribution in [2.45, 2.75) is 18.7 Å². The van der Waals surface area contributed by atoms with E-state index in [1.165, 1.54) is 42.5 Å². The molecule has 14 heteroatoms. The van der Waals surface area contributed by atoms with E-state index in [1.807, 2.05) is 0 Å². The molecule has 2 amide bonds. The summed E-state index contributed by atoms with van der Waals surface area (Å²) >= 11 is 6.09. The number of aromatic nitrogens is 2. The zero-order valence-electron chi connectivity index (χ0n) is 18.7. The van der Waals surface area contributed by atoms with Crippen LogP contribution in [0.25, 0.3) is 0 Å². The molecule has 0 spiro atoms. The van der Waals surface area contributed by atoms with E-state index in [0.29, 0.717) is 16.3 Å². The number of imide groups is 1. The van der Waals surface area contributed by atoms with Gasteiger partial charge in [-0.2, -0.15) is 0 Å². The average molecular weight is 529 g/mol. The molecule has 1 aromatic heterocycles. The number of aryl methyl sites for hydroxylation is 2. The number of carbonyl (C=O) groups is 2. The topological polar surface area (TPSA) is 164 Å². The minimum absolute atomic E-state index is 0.0183. The largest absolute Gasteiger partial charge is 0.350 e. The monoisotopic (exact) mass is 528 g/mol. The van der Waals surface area contributed by atoms with Crippen LogP contribution in [0, 0.1) is 24.0 Å². The van der Waals surface area contributed by atoms with Crippen LogP contribution in [0.1, 0.15) is 11.4 Å². The van der Waals surface area contributed by atoms with Crippen LogP contribution >= 0.6 is 11.6 Å². The highest BCUT2D eigenvalue weighted by atomic mass is 35.5. The van der Waals surface area contributed by atoms with Gasteiger partial charge in [-0.25, -0.2) is 28.0 Å². The van der Waals surface area contributed by atoms with Crippen molar-refractivity contribution >= 4 is 56.4 Å². The molecule has 1 aliphatic rings. The fourth-order valence-corrected chi connectivity index (χ4v) is 4.56. The summed E-state index contributed by atoms with van der Waals surface area (Å²) in [4.78, 5) is 44.6. The predicted molar refractivity (Wildman–Crippen MR) is 131 cm³/mol. The van der Waals surface area contributed by atoms with Crippen molar-refractivity contribution in [2.75, 3.05) is 14.9 Å². The first-order valence-electron chi connectivity index (χ1n) is 10.2. The highest BCUT2D eigenvalue weighted by Gasteiger charge is 2.39. The van der Waals surface area contributed by atoms with Crippen LogP contribution in [0.3, 0.4) is 0 Å². The van der Waals surface area contributed by atoms with E-state index < -0.39 is 31.8 Å². The Kier molecular flexibility index (Phi) is 6.43. The van der Waals surface area contributed by atoms with Gasteiger partial charge >= 0.3 is 0 Å². The van der Waals surface area contributed by atoms with Crippen LogP contribution in [0.4, 0.5) is 23.0 Å². The minimum Gasteiger partial charge on any atom is -0.350 e. The predicted octanol–water partition coefficient (Wildman–Crippen LogP) is 3.24. The Labute approximate surface area is 209 Å². The lowest BCUT2D eigenvalue weighted by molar-refractivity contribution is -0.384. The Bertz CT molecular complexity index is 1540. The normalized spacial score (nSPS) is 13.8. The summed E-state index contributed by atoms with van der Waals surface area (Å²) in [5.74, 6) is -1.75. The average Bonchev–Trinajstić information content (AvgIpc) is 3.01. The van der Waals surface area contributed by atoms with Crippen molar-refractivity contribution in [3.63, 3.8) is 0 Å². The number of amides is 2. The van der Waals surface area contributed by atoms with Crippen molar-refractivity contribution in [1.29, 1.82) is 0 Å². The minimum atomic E-state index is -4.00. The number of anilines is 3. The quantitative estimate of drug-likeness (QED) is 0.266. The molecule has 184 valence electrons. The molecule has 0 saturated carbocycles. The van der Waals surface area contributed by atoms with E-state index in [4.69, 9.17) is 11.6 Å². The smallest absolute Gasteiger partial charge is 0.283 e. The van der Waals surface area contributed by atoms with E-state index in [2.05, 4.69) is 20.0 Å². The molecule has 0 bridgehead atoms. The number of nitro benzene ring substituents is 1. The number of nitro groups is 1. The summed E-state index contributed by atoms with van der Waals surface area (Å²) in [5, 5.41) is 13.3. The van der Waals surface area contributed by atoms with E-state index in [9.17, 15) is 28.1 Å². The lowest BCUT2D eigenvalue weighted by Gasteiger charge is -2.15. The van der Waals surface area contributed by atoms with Gasteiger partial charge in [0.2, 0.25) is 5.95 Å². The fourth-order valence-electron chi connectivity index (χ4n) is 3.40. The van der Waals surface area contributed by atoms with Crippen molar-refractivity contribution in [2.24, 2.45) is 0 Å². The molecule has 12 nitrogen and oxygen atoms in total. The fraction of sp³-hybridized carbons (Fsp3) is 0.0909. The van der Waals surface area contributed by atoms with Crippen LogP contribution in [0.2, 0.25) is 0 Å². The lowest BCUT2D eigenvalue weighted by atomic mass is 10.2. The Morgan fingerprint density at radius 3 is 2.22 bits per heavy atom. The van der Waals surface area contributed by atoms with Crippen LogP contribution in [0.5, 0.6) is 0 Å². The van der Waals surface area contributed by atoms with E-state index in [0.717, 1.165) is 6.07 Å². The van der Waals surface area contributed by atoms with Gasteiger partial charge in [0.1, 0.15) is 10.7 Å². The zero-order valence-corrected chi connectivity index (χ0v) is 20.3. The number of hydrogen-bond donors (Lipinski definition) is 2. The molecule has 1 aliphatic heterocycles. The number of nitrogens with one attached hydrogen (secondary N) is 2. The lowest BCUT2D eigenvalue weighted by Crippen LogP contribution is -2.32. The second-order valence-electron chi connectivity index (χ2n) is 7.64. The van der Waals surface area contributed by atoms with Gasteiger partial charge < -0.3 is 5.32 Å². The van der Waals surface area contributed by atoms with E-state index >= 15 is 0 Å². The van der Waals surface area contributed by atoms with Gasteiger partial charge in [0.25, 0.3) is 27.5 Å². The molecule has 0 saturated heterocycles. The Morgan fingerprint density at radius 2 is 1.61 bits per heavy atom. The molecule has 0 aliphatic carbocycles. The molecule has 36 heavy (non-hydrogen) atoms. The van der Waals surface area contributed by atoms with Crippen LogP contribution in [0.15, 0.2) is 70.2 Å². The maximum absolute atomic E-state index is 12.9. The number of nitrogens with zero attached hydrogens (tertiary/aromatic N) is 4. The molecule has 0 atom stereocenters. The maximum atomic E-state index is 12.9. The van der Waals surface area contributed by atoms with Gasteiger partial charge in [-0.1, -0.05) is 17.7 Å². The van der Waals surface area contributed by atoms with Crippen molar-refractivity contribution < 1.29 is 22.9 Å². The Balaban J connectivity index is 1.53. The molecule has 0 unspecified atom stereocenters. The number of carbonyl (C=O) groups excluding carboxylic acids is 2. The summed E-state index contributed by atoms with van der Waals surface area (Å²) in [5.41, 5.74) is 0.884. The first-order chi connectivity index (χ1) is 17.0. The number of sulfonamides is 1. The van der Waals surface area contributed by atoms with Gasteiger partial charge in [-0.15, -0.1) is 0 Å². The number of rotatable bonds is 7. The van der Waals surface area contributed by atoms with Crippen molar-refractivity contribution in [3.05, 3.63) is 86.8 Å². The van der Waals surface area contributed by atoms with Crippen LogP contribution < -0.4 is 14.9 Å². The van der Waals surface area contributed by atoms with Gasteiger partial charge in [0.15, 0.2) is 0 Å². The van der Waals surface area contributed by atoms with Gasteiger partial charge in [-0.05, 0) is 50.2 Å². The van der Waals surface area contributed by atoms with Crippen LogP contribution in [-0.4, -0.2) is 35.1 Å². The number of halogens is 1. The van der Waals surface area contributed by atoms with Crippen molar-refractivity contribution in [1.82, 2.24) is 9.97 Å². The maximum Gasteiger partial charge on any atom is 0.283 e. The molecular weight excluding hydrogens is 512 g/mol. The van der Waals surface area contributed by atoms with Gasteiger partial charge in [-0.3, -0.25) is 19.7 Å². The van der Waals surface area contributed by atoms with Crippen LogP contribution in [-0.2, 0) is 19.6 Å². The number of hydrogen-bond acceptors (Lipinski definition) is 9. The van der Waals surface area contributed by atoms with Crippen molar-refractivity contribution in [3.8, 4) is 0 Å². The Morgan fingerprint density at radius 1 is 0.972 bits per heavy atom. The molecule has 4 rings (SSSR count). The summed E-state index contributed by atoms with van der Waals surface area (Å²) in [6, 6.07) is 12.0. The molecule has 2 N–H and O–H groups in total. The third-order valence-corrected chi connectivity index (χ3v) is 6.66. The molecular formula is C22H17ClN6O6S. The first kappa shape index (κ1) is 24.8. The van der Waals surface area contributed by atoms with E-state index in [1.54, 1.807) is 19.9 Å². The summed E-state index contributed by atoms with van der Waals surface area (Å²) in [6.07, 6.45) is 0. The highest BCUT2D eigenvalue weighted by molar-refractivity contribution is 7.92. The summed E-state index contributed by atoms with van der Waals surface area (Å²) < 4.78 is 27.7. The summed E-state index contributed by atoms with van der Waals surface area (Å²) in [6.45, 7) is 3.42. The zero-order chi connectivity index (χ0) is 26.2. The second-order valence-corrected chi connectivity index (χ2v) is 9.70.